The van der Waals surface area contributed by atoms with Crippen molar-refractivity contribution in [2.75, 3.05) is 33.0 Å². The van der Waals surface area contributed by atoms with Gasteiger partial charge in [0.2, 0.25) is 0 Å². The van der Waals surface area contributed by atoms with Crippen LogP contribution in [-0.2, 0) is 14.3 Å². The van der Waals surface area contributed by atoms with E-state index in [2.05, 4.69) is 5.32 Å². The Hall–Kier alpha value is -1.84. The Morgan fingerprint density at radius 2 is 2.27 bits per heavy atom. The lowest BCUT2D eigenvalue weighted by Gasteiger charge is -2.17. The number of hydrogen-bond donors (Lipinski definition) is 2. The molecule has 6 heteroatoms. The van der Waals surface area contributed by atoms with Crippen LogP contribution in [0, 0.1) is 11.3 Å². The summed E-state index contributed by atoms with van der Waals surface area (Å²) in [6.07, 6.45) is 4.97. The second-order valence-electron chi connectivity index (χ2n) is 4.87. The number of nitrogens with one attached hydrogen (secondary N) is 1. The fraction of sp³-hybridized carbons (Fsp3) is 0.625. The van der Waals surface area contributed by atoms with E-state index in [4.69, 9.17) is 14.6 Å². The van der Waals surface area contributed by atoms with E-state index in [-0.39, 0.29) is 18.8 Å². The quantitative estimate of drug-likeness (QED) is 0.290. The maximum atomic E-state index is 12.0. The maximum Gasteiger partial charge on any atom is 0.349 e. The summed E-state index contributed by atoms with van der Waals surface area (Å²) in [7, 11) is 0. The molecule has 0 saturated carbocycles. The third kappa shape index (κ3) is 6.29. The minimum atomic E-state index is -0.593. The molecule has 0 spiro atoms. The SMILES string of the molecule is CCOCCOC(=O)/C(C#N)=C1/C=C(NCCCO)CCC1. The van der Waals surface area contributed by atoms with E-state index >= 15 is 0 Å². The van der Waals surface area contributed by atoms with Crippen molar-refractivity contribution in [3.63, 3.8) is 0 Å². The van der Waals surface area contributed by atoms with Crippen molar-refractivity contribution in [3.05, 3.63) is 22.9 Å². The molecular formula is C16H24N2O4. The zero-order chi connectivity index (χ0) is 16.2. The van der Waals surface area contributed by atoms with Gasteiger partial charge in [0, 0.05) is 25.5 Å². The highest BCUT2D eigenvalue weighted by Gasteiger charge is 2.18. The first-order valence-electron chi connectivity index (χ1n) is 7.66. The number of carbonyl (C=O) groups is 1. The van der Waals surface area contributed by atoms with Gasteiger partial charge in [-0.2, -0.15) is 5.26 Å². The highest BCUT2D eigenvalue weighted by molar-refractivity contribution is 5.94. The fourth-order valence-corrected chi connectivity index (χ4v) is 2.15. The minimum absolute atomic E-state index is 0.0673. The number of rotatable bonds is 9. The van der Waals surface area contributed by atoms with Crippen LogP contribution in [0.25, 0.3) is 0 Å². The van der Waals surface area contributed by atoms with Crippen LogP contribution >= 0.6 is 0 Å². The molecule has 0 atom stereocenters. The lowest BCUT2D eigenvalue weighted by atomic mass is 9.95. The van der Waals surface area contributed by atoms with Gasteiger partial charge in [-0.05, 0) is 44.3 Å². The molecule has 0 aliphatic heterocycles. The molecule has 0 heterocycles. The molecule has 2 N–H and O–H groups in total. The number of nitriles is 1. The maximum absolute atomic E-state index is 12.0. The first kappa shape index (κ1) is 18.2. The van der Waals surface area contributed by atoms with Gasteiger partial charge in [0.05, 0.1) is 6.61 Å². The number of carbonyl (C=O) groups excluding carboxylic acids is 1. The number of nitrogens with zero attached hydrogens (tertiary/aromatic N) is 1. The molecule has 6 nitrogen and oxygen atoms in total. The van der Waals surface area contributed by atoms with Crippen LogP contribution in [0.4, 0.5) is 0 Å². The number of ether oxygens (including phenoxy) is 2. The van der Waals surface area contributed by atoms with Crippen LogP contribution in [0.2, 0.25) is 0 Å². The number of aliphatic hydroxyl groups excluding tert-OH is 1. The molecule has 0 aromatic rings. The highest BCUT2D eigenvalue weighted by Crippen LogP contribution is 2.24. The summed E-state index contributed by atoms with van der Waals surface area (Å²) in [6.45, 7) is 3.73. The van der Waals surface area contributed by atoms with Crippen molar-refractivity contribution in [2.24, 2.45) is 0 Å². The number of esters is 1. The Balaban J connectivity index is 2.68. The summed E-state index contributed by atoms with van der Waals surface area (Å²) in [5.41, 5.74) is 1.77. The molecule has 0 unspecified atom stereocenters. The topological polar surface area (TPSA) is 91.6 Å². The minimum Gasteiger partial charge on any atom is -0.459 e. The molecular weight excluding hydrogens is 284 g/mol. The van der Waals surface area contributed by atoms with E-state index in [1.807, 2.05) is 19.1 Å². The third-order valence-corrected chi connectivity index (χ3v) is 3.23. The van der Waals surface area contributed by atoms with Crippen LogP contribution < -0.4 is 5.32 Å². The molecule has 1 rings (SSSR count). The van der Waals surface area contributed by atoms with E-state index in [1.54, 1.807) is 0 Å². The van der Waals surface area contributed by atoms with Crippen molar-refractivity contribution in [3.8, 4) is 6.07 Å². The van der Waals surface area contributed by atoms with Gasteiger partial charge < -0.3 is 19.9 Å². The zero-order valence-electron chi connectivity index (χ0n) is 13.1. The summed E-state index contributed by atoms with van der Waals surface area (Å²) in [5.74, 6) is -0.593. The highest BCUT2D eigenvalue weighted by atomic mass is 16.6. The molecule has 1 aliphatic rings. The van der Waals surface area contributed by atoms with Crippen molar-refractivity contribution in [1.82, 2.24) is 5.32 Å². The van der Waals surface area contributed by atoms with E-state index in [1.165, 1.54) is 0 Å². The summed E-state index contributed by atoms with van der Waals surface area (Å²) in [6, 6.07) is 1.95. The zero-order valence-corrected chi connectivity index (χ0v) is 13.1. The Kier molecular flexibility index (Phi) is 8.96. The van der Waals surface area contributed by atoms with Gasteiger partial charge in [-0.1, -0.05) is 0 Å². The summed E-state index contributed by atoms with van der Waals surface area (Å²) < 4.78 is 10.2. The molecule has 22 heavy (non-hydrogen) atoms. The second kappa shape index (κ2) is 10.8. The third-order valence-electron chi connectivity index (χ3n) is 3.23. The molecule has 122 valence electrons. The van der Waals surface area contributed by atoms with E-state index < -0.39 is 5.97 Å². The van der Waals surface area contributed by atoms with Gasteiger partial charge in [-0.3, -0.25) is 0 Å². The van der Waals surface area contributed by atoms with Crippen LogP contribution in [0.15, 0.2) is 22.9 Å². The molecule has 0 fully saturated rings. The van der Waals surface area contributed by atoms with Gasteiger partial charge in [-0.25, -0.2) is 4.79 Å². The van der Waals surface area contributed by atoms with Crippen LogP contribution in [0.1, 0.15) is 32.6 Å². The Morgan fingerprint density at radius 3 is 2.95 bits per heavy atom. The van der Waals surface area contributed by atoms with Crippen LogP contribution in [0.5, 0.6) is 0 Å². The standard InChI is InChI=1S/C16H24N2O4/c1-2-21-9-10-22-16(20)15(12-17)13-5-3-6-14(11-13)18-7-4-8-19/h11,18-19H,2-10H2,1H3/b15-13+. The largest absolute Gasteiger partial charge is 0.459 e. The van der Waals surface area contributed by atoms with Gasteiger partial charge in [0.15, 0.2) is 0 Å². The smallest absolute Gasteiger partial charge is 0.349 e. The predicted octanol–water partition coefficient (Wildman–Crippen LogP) is 1.43. The molecule has 1 aliphatic carbocycles. The first-order chi connectivity index (χ1) is 10.7. The molecule has 0 bridgehead atoms. The number of allylic oxidation sites excluding steroid dienone is 3. The Labute approximate surface area is 131 Å². The molecule has 0 radical (unpaired) electrons. The summed E-state index contributed by atoms with van der Waals surface area (Å²) >= 11 is 0. The normalized spacial score (nSPS) is 16.5. The van der Waals surface area contributed by atoms with Gasteiger partial charge in [0.25, 0.3) is 0 Å². The number of hydrogen-bond acceptors (Lipinski definition) is 6. The molecule has 0 saturated heterocycles. The first-order valence-corrected chi connectivity index (χ1v) is 7.66. The van der Waals surface area contributed by atoms with E-state index in [0.29, 0.717) is 38.2 Å². The van der Waals surface area contributed by atoms with Crippen molar-refractivity contribution in [1.29, 1.82) is 5.26 Å². The average Bonchev–Trinajstić information content (AvgIpc) is 2.53. The summed E-state index contributed by atoms with van der Waals surface area (Å²) in [5, 5.41) is 21.2. The lowest BCUT2D eigenvalue weighted by molar-refractivity contribution is -0.140. The Morgan fingerprint density at radius 1 is 1.45 bits per heavy atom. The molecule has 0 aromatic heterocycles. The van der Waals surface area contributed by atoms with Crippen LogP contribution in [-0.4, -0.2) is 44.0 Å². The van der Waals surface area contributed by atoms with Crippen molar-refractivity contribution in [2.45, 2.75) is 32.6 Å². The predicted molar refractivity (Wildman–Crippen MR) is 81.7 cm³/mol. The van der Waals surface area contributed by atoms with Crippen molar-refractivity contribution >= 4 is 5.97 Å². The molecule has 0 amide bonds. The average molecular weight is 308 g/mol. The summed E-state index contributed by atoms with van der Waals surface area (Å²) in [4.78, 5) is 12.0. The Bertz CT molecular complexity index is 463. The lowest BCUT2D eigenvalue weighted by Crippen LogP contribution is -2.19. The van der Waals surface area contributed by atoms with Crippen LogP contribution in [0.3, 0.4) is 0 Å². The van der Waals surface area contributed by atoms with E-state index in [0.717, 1.165) is 18.5 Å². The fourth-order valence-electron chi connectivity index (χ4n) is 2.15. The second-order valence-corrected chi connectivity index (χ2v) is 4.87. The monoisotopic (exact) mass is 308 g/mol. The molecule has 0 aromatic carbocycles. The van der Waals surface area contributed by atoms with Crippen molar-refractivity contribution < 1.29 is 19.4 Å². The number of aliphatic hydroxyl groups is 1. The van der Waals surface area contributed by atoms with E-state index in [9.17, 15) is 10.1 Å². The van der Waals surface area contributed by atoms with Gasteiger partial charge >= 0.3 is 5.97 Å². The van der Waals surface area contributed by atoms with Gasteiger partial charge in [-0.15, -0.1) is 0 Å². The van der Waals surface area contributed by atoms with Gasteiger partial charge in [0.1, 0.15) is 18.2 Å².